The Kier molecular flexibility index (Phi) is 2.01. The van der Waals surface area contributed by atoms with E-state index in [-0.39, 0.29) is 12.3 Å². The first kappa shape index (κ1) is 8.58. The average molecular weight is 200 g/mol. The van der Waals surface area contributed by atoms with Crippen LogP contribution >= 0.6 is 11.8 Å². The van der Waals surface area contributed by atoms with Gasteiger partial charge in [0.1, 0.15) is 0 Å². The quantitative estimate of drug-likeness (QED) is 0.578. The molecule has 1 aromatic rings. The van der Waals surface area contributed by atoms with Crippen LogP contribution in [0, 0.1) is 0 Å². The van der Waals surface area contributed by atoms with Crippen LogP contribution in [0.4, 0.5) is 0 Å². The molecule has 2 N–H and O–H groups in total. The maximum atomic E-state index is 11.2. The Morgan fingerprint density at radius 1 is 1.54 bits per heavy atom. The molecule has 0 atom stereocenters. The fourth-order valence-electron chi connectivity index (χ4n) is 1.33. The Labute approximate surface area is 77.4 Å². The van der Waals surface area contributed by atoms with E-state index in [4.69, 9.17) is 5.11 Å². The lowest BCUT2D eigenvalue weighted by atomic mass is 10.3. The molecule has 0 saturated heterocycles. The van der Waals surface area contributed by atoms with Gasteiger partial charge in [-0.25, -0.2) is 4.79 Å². The summed E-state index contributed by atoms with van der Waals surface area (Å²) in [7, 11) is 0. The van der Waals surface area contributed by atoms with Crippen molar-refractivity contribution in [2.45, 2.75) is 18.2 Å². The van der Waals surface area contributed by atoms with E-state index in [1.807, 2.05) is 0 Å². The summed E-state index contributed by atoms with van der Waals surface area (Å²) in [6.07, 6.45) is 0. The van der Waals surface area contributed by atoms with Crippen LogP contribution in [0.3, 0.4) is 0 Å². The van der Waals surface area contributed by atoms with Crippen molar-refractivity contribution in [1.29, 1.82) is 0 Å². The van der Waals surface area contributed by atoms with Gasteiger partial charge in [0.05, 0.1) is 17.2 Å². The lowest BCUT2D eigenvalue weighted by Gasteiger charge is -2.03. The van der Waals surface area contributed by atoms with Crippen LogP contribution in [0.5, 0.6) is 0 Å². The van der Waals surface area contributed by atoms with Gasteiger partial charge in [-0.2, -0.15) is 0 Å². The van der Waals surface area contributed by atoms with Crippen LogP contribution < -0.4 is 11.2 Å². The lowest BCUT2D eigenvalue weighted by molar-refractivity contribution is 0.274. The van der Waals surface area contributed by atoms with Crippen LogP contribution in [0.25, 0.3) is 0 Å². The second-order valence-corrected chi connectivity index (χ2v) is 3.78. The van der Waals surface area contributed by atoms with Crippen molar-refractivity contribution in [2.24, 2.45) is 0 Å². The van der Waals surface area contributed by atoms with E-state index in [0.29, 0.717) is 17.1 Å². The molecule has 0 aromatic carbocycles. The summed E-state index contributed by atoms with van der Waals surface area (Å²) in [6, 6.07) is 0. The number of aliphatic hydroxyl groups excluding tert-OH is 1. The smallest absolute Gasteiger partial charge is 0.329 e. The highest BCUT2D eigenvalue weighted by Crippen LogP contribution is 2.24. The number of fused-ring (bicyclic) bond motifs is 1. The first-order valence-electron chi connectivity index (χ1n) is 3.83. The van der Waals surface area contributed by atoms with E-state index in [1.165, 1.54) is 16.3 Å². The van der Waals surface area contributed by atoms with Gasteiger partial charge in [0.25, 0.3) is 5.56 Å². The number of hydrogen-bond acceptors (Lipinski definition) is 4. The van der Waals surface area contributed by atoms with Gasteiger partial charge in [0.2, 0.25) is 0 Å². The number of aromatic nitrogens is 2. The van der Waals surface area contributed by atoms with Gasteiger partial charge < -0.3 is 5.11 Å². The zero-order valence-electron chi connectivity index (χ0n) is 6.74. The van der Waals surface area contributed by atoms with Gasteiger partial charge in [-0.1, -0.05) is 0 Å². The highest BCUT2D eigenvalue weighted by Gasteiger charge is 2.18. The molecule has 1 aliphatic heterocycles. The maximum absolute atomic E-state index is 11.2. The molecule has 2 heterocycles. The van der Waals surface area contributed by atoms with Crippen LogP contribution in [0.1, 0.15) is 5.56 Å². The fraction of sp³-hybridized carbons (Fsp3) is 0.429. The predicted octanol–water partition coefficient (Wildman–Crippen LogP) is -0.865. The van der Waals surface area contributed by atoms with Gasteiger partial charge >= 0.3 is 5.69 Å². The number of H-pyrrole nitrogens is 1. The largest absolute Gasteiger partial charge is 0.391 e. The van der Waals surface area contributed by atoms with Crippen LogP contribution in [-0.2, 0) is 13.2 Å². The standard InChI is InChI=1S/C7H8N2O3S/c10-3-4-5(11)8-7(12)9-1-2-13-6(4)9/h10H,1-3H2,(H,8,11,12). The minimum atomic E-state index is -0.479. The van der Waals surface area contributed by atoms with Crippen LogP contribution in [0.2, 0.25) is 0 Å². The third kappa shape index (κ3) is 1.22. The highest BCUT2D eigenvalue weighted by atomic mass is 32.2. The van der Waals surface area contributed by atoms with Gasteiger partial charge in [0.15, 0.2) is 0 Å². The number of hydrogen-bond donors (Lipinski definition) is 2. The van der Waals surface area contributed by atoms with Gasteiger partial charge in [-0.3, -0.25) is 14.3 Å². The van der Waals surface area contributed by atoms with Crippen LogP contribution in [0.15, 0.2) is 14.6 Å². The second kappa shape index (κ2) is 3.04. The molecule has 0 aliphatic carbocycles. The molecule has 1 aliphatic rings. The lowest BCUT2D eigenvalue weighted by Crippen LogP contribution is -2.32. The third-order valence-corrected chi connectivity index (χ3v) is 3.08. The molecule has 0 radical (unpaired) electrons. The van der Waals surface area contributed by atoms with E-state index >= 15 is 0 Å². The highest BCUT2D eigenvalue weighted by molar-refractivity contribution is 7.99. The Bertz CT molecular complexity index is 448. The van der Waals surface area contributed by atoms with Gasteiger partial charge in [-0.05, 0) is 0 Å². The van der Waals surface area contributed by atoms with Crippen LogP contribution in [-0.4, -0.2) is 20.4 Å². The molecule has 13 heavy (non-hydrogen) atoms. The molecule has 0 fully saturated rings. The van der Waals surface area contributed by atoms with Crippen molar-refractivity contribution in [3.63, 3.8) is 0 Å². The summed E-state index contributed by atoms with van der Waals surface area (Å²) >= 11 is 1.43. The van der Waals surface area contributed by atoms with E-state index in [2.05, 4.69) is 4.98 Å². The second-order valence-electron chi connectivity index (χ2n) is 2.70. The Balaban J connectivity index is 2.80. The summed E-state index contributed by atoms with van der Waals surface area (Å²) < 4.78 is 1.48. The van der Waals surface area contributed by atoms with Crippen molar-refractivity contribution in [1.82, 2.24) is 9.55 Å². The summed E-state index contributed by atoms with van der Waals surface area (Å²) in [5.41, 5.74) is -0.572. The third-order valence-electron chi connectivity index (χ3n) is 1.95. The number of rotatable bonds is 1. The fourth-order valence-corrected chi connectivity index (χ4v) is 2.46. The van der Waals surface area contributed by atoms with Gasteiger partial charge in [0, 0.05) is 12.3 Å². The predicted molar refractivity (Wildman–Crippen MR) is 48.0 cm³/mol. The Morgan fingerprint density at radius 2 is 2.31 bits per heavy atom. The molecular formula is C7H8N2O3S. The van der Waals surface area contributed by atoms with Crippen molar-refractivity contribution in [2.75, 3.05) is 5.75 Å². The summed E-state index contributed by atoms with van der Waals surface area (Å²) in [5, 5.41) is 9.53. The first-order chi connectivity index (χ1) is 6.24. The van der Waals surface area contributed by atoms with E-state index < -0.39 is 5.56 Å². The normalized spacial score (nSPS) is 14.5. The number of thioether (sulfide) groups is 1. The molecule has 0 amide bonds. The van der Waals surface area contributed by atoms with E-state index in [0.717, 1.165) is 5.75 Å². The Morgan fingerprint density at radius 3 is 3.00 bits per heavy atom. The number of aliphatic hydroxyl groups is 1. The van der Waals surface area contributed by atoms with Crippen molar-refractivity contribution >= 4 is 11.8 Å². The zero-order chi connectivity index (χ0) is 9.42. The molecule has 5 nitrogen and oxygen atoms in total. The minimum Gasteiger partial charge on any atom is -0.391 e. The zero-order valence-corrected chi connectivity index (χ0v) is 7.56. The van der Waals surface area contributed by atoms with Crippen molar-refractivity contribution in [3.05, 3.63) is 26.4 Å². The van der Waals surface area contributed by atoms with E-state index in [9.17, 15) is 9.59 Å². The first-order valence-corrected chi connectivity index (χ1v) is 4.82. The number of aromatic amines is 1. The number of nitrogens with zero attached hydrogens (tertiary/aromatic N) is 1. The van der Waals surface area contributed by atoms with Crippen molar-refractivity contribution < 1.29 is 5.11 Å². The Hall–Kier alpha value is -1.01. The molecular weight excluding hydrogens is 192 g/mol. The summed E-state index contributed by atoms with van der Waals surface area (Å²) in [6.45, 7) is 0.278. The molecule has 0 bridgehead atoms. The molecule has 0 saturated carbocycles. The topological polar surface area (TPSA) is 75.1 Å². The summed E-state index contributed by atoms with van der Waals surface area (Å²) in [5.74, 6) is 0.777. The minimum absolute atomic E-state index is 0.294. The maximum Gasteiger partial charge on any atom is 0.329 e. The molecule has 70 valence electrons. The van der Waals surface area contributed by atoms with Crippen molar-refractivity contribution in [3.8, 4) is 0 Å². The summed E-state index contributed by atoms with van der Waals surface area (Å²) in [4.78, 5) is 24.6. The SMILES string of the molecule is O=c1[nH]c(=O)n2c(c1CO)SCC2. The van der Waals surface area contributed by atoms with Gasteiger partial charge in [-0.15, -0.1) is 11.8 Å². The molecule has 1 aromatic heterocycles. The molecule has 0 unspecified atom stereocenters. The average Bonchev–Trinajstić information content (AvgIpc) is 2.53. The molecule has 2 rings (SSSR count). The monoisotopic (exact) mass is 200 g/mol. The molecule has 6 heteroatoms. The number of nitrogens with one attached hydrogen (secondary N) is 1. The van der Waals surface area contributed by atoms with E-state index in [1.54, 1.807) is 0 Å². The molecule has 0 spiro atoms.